The number of nitrogens with one attached hydrogen (secondary N) is 1. The van der Waals surface area contributed by atoms with Gasteiger partial charge in [0.1, 0.15) is 12.1 Å². The van der Waals surface area contributed by atoms with Gasteiger partial charge in [-0.1, -0.05) is 5.92 Å². The minimum Gasteiger partial charge on any atom is -0.369 e. The van der Waals surface area contributed by atoms with Crippen LogP contribution in [0.5, 0.6) is 0 Å². The van der Waals surface area contributed by atoms with Crippen LogP contribution in [-0.4, -0.2) is 25.8 Å². The van der Waals surface area contributed by atoms with E-state index in [4.69, 9.17) is 16.9 Å². The van der Waals surface area contributed by atoms with Gasteiger partial charge in [-0.15, -0.1) is 6.42 Å². The molecule has 114 valence electrons. The van der Waals surface area contributed by atoms with Gasteiger partial charge in [0.15, 0.2) is 11.5 Å². The first-order chi connectivity index (χ1) is 11.7. The largest absolute Gasteiger partial charge is 0.369 e. The van der Waals surface area contributed by atoms with Crippen molar-refractivity contribution in [1.29, 1.82) is 10.5 Å². The van der Waals surface area contributed by atoms with Crippen LogP contribution in [0.15, 0.2) is 30.7 Å². The summed E-state index contributed by atoms with van der Waals surface area (Å²) in [5.74, 6) is 3.04. The number of anilines is 1. The van der Waals surface area contributed by atoms with E-state index in [0.717, 1.165) is 5.39 Å². The van der Waals surface area contributed by atoms with Gasteiger partial charge < -0.3 is 5.32 Å². The number of terminal acetylenes is 1. The van der Waals surface area contributed by atoms with Crippen molar-refractivity contribution in [2.45, 2.75) is 13.0 Å². The highest BCUT2D eigenvalue weighted by Gasteiger charge is 2.12. The molecule has 1 atom stereocenters. The second-order valence-electron chi connectivity index (χ2n) is 5.03. The van der Waals surface area contributed by atoms with E-state index < -0.39 is 6.04 Å². The molecule has 0 radical (unpaired) electrons. The maximum absolute atomic E-state index is 8.97. The number of rotatable bonds is 3. The van der Waals surface area contributed by atoms with Crippen LogP contribution in [0.2, 0.25) is 0 Å². The van der Waals surface area contributed by atoms with Gasteiger partial charge in [0.2, 0.25) is 0 Å². The zero-order valence-corrected chi connectivity index (χ0v) is 12.7. The minimum atomic E-state index is -0.405. The van der Waals surface area contributed by atoms with E-state index in [1.165, 1.54) is 6.20 Å². The van der Waals surface area contributed by atoms with Gasteiger partial charge in [0.05, 0.1) is 29.1 Å². The summed E-state index contributed by atoms with van der Waals surface area (Å²) in [6.07, 6.45) is 10.1. The number of nitriles is 2. The summed E-state index contributed by atoms with van der Waals surface area (Å²) in [7, 11) is 0. The Bertz CT molecular complexity index is 1040. The van der Waals surface area contributed by atoms with Crippen molar-refractivity contribution >= 4 is 16.7 Å². The molecule has 0 saturated carbocycles. The molecule has 7 heteroatoms. The molecule has 3 aromatic heterocycles. The van der Waals surface area contributed by atoms with Crippen LogP contribution in [-0.2, 0) is 0 Å². The molecule has 0 aromatic carbocycles. The third-order valence-electron chi connectivity index (χ3n) is 3.36. The molecule has 0 bridgehead atoms. The number of fused-ring (bicyclic) bond motifs is 1. The Balaban J connectivity index is 2.10. The molecule has 0 aliphatic rings. The van der Waals surface area contributed by atoms with Crippen molar-refractivity contribution in [3.8, 4) is 30.3 Å². The van der Waals surface area contributed by atoms with E-state index >= 15 is 0 Å². The molecule has 3 heterocycles. The lowest BCUT2D eigenvalue weighted by Crippen LogP contribution is -2.14. The number of pyridine rings is 2. The maximum Gasteiger partial charge on any atom is 0.164 e. The molecule has 7 nitrogen and oxygen atoms in total. The van der Waals surface area contributed by atoms with Crippen molar-refractivity contribution in [3.05, 3.63) is 41.9 Å². The molecule has 1 unspecified atom stereocenters. The number of nitrogens with zero attached hydrogens (tertiary/aromatic N) is 6. The van der Waals surface area contributed by atoms with Crippen LogP contribution < -0.4 is 5.32 Å². The summed E-state index contributed by atoms with van der Waals surface area (Å²) in [4.78, 5) is 8.57. The number of aromatic nitrogens is 4. The second kappa shape index (κ2) is 6.08. The van der Waals surface area contributed by atoms with Gasteiger partial charge >= 0.3 is 0 Å². The van der Waals surface area contributed by atoms with Crippen molar-refractivity contribution in [2.24, 2.45) is 0 Å². The van der Waals surface area contributed by atoms with E-state index in [2.05, 4.69) is 32.4 Å². The van der Waals surface area contributed by atoms with Gasteiger partial charge in [-0.3, -0.25) is 0 Å². The first-order valence-electron chi connectivity index (χ1n) is 7.03. The van der Waals surface area contributed by atoms with Crippen LogP contribution in [0.1, 0.15) is 18.1 Å². The highest BCUT2D eigenvalue weighted by Crippen LogP contribution is 2.21. The van der Waals surface area contributed by atoms with Crippen molar-refractivity contribution in [2.75, 3.05) is 5.32 Å². The Hall–Kier alpha value is -3.89. The predicted molar refractivity (Wildman–Crippen MR) is 88.0 cm³/mol. The quantitative estimate of drug-likeness (QED) is 0.742. The average Bonchev–Trinajstić information content (AvgIpc) is 3.04. The zero-order valence-electron chi connectivity index (χ0n) is 12.7. The first-order valence-corrected chi connectivity index (χ1v) is 7.03. The SMILES string of the molecule is C#Cc1cnc(-n2ncc3cc(C#N)cnc32)cc1NC(C)C#N. The normalized spacial score (nSPS) is 11.2. The topological polar surface area (TPSA) is 103 Å². The lowest BCUT2D eigenvalue weighted by molar-refractivity contribution is 0.861. The van der Waals surface area contributed by atoms with Gasteiger partial charge in [-0.2, -0.15) is 20.3 Å². The molecule has 0 aliphatic heterocycles. The fraction of sp³-hybridized carbons (Fsp3) is 0.118. The van der Waals surface area contributed by atoms with Crippen LogP contribution in [0.4, 0.5) is 5.69 Å². The monoisotopic (exact) mass is 313 g/mol. The Labute approximate surface area is 138 Å². The first kappa shape index (κ1) is 15.0. The van der Waals surface area contributed by atoms with Gasteiger partial charge in [0.25, 0.3) is 0 Å². The van der Waals surface area contributed by atoms with Gasteiger partial charge in [0, 0.05) is 23.8 Å². The third-order valence-corrected chi connectivity index (χ3v) is 3.36. The third kappa shape index (κ3) is 2.61. The van der Waals surface area contributed by atoms with Crippen molar-refractivity contribution in [1.82, 2.24) is 19.7 Å². The summed E-state index contributed by atoms with van der Waals surface area (Å²) in [6.45, 7) is 1.73. The van der Waals surface area contributed by atoms with Crippen LogP contribution in [0.25, 0.3) is 16.9 Å². The van der Waals surface area contributed by atoms with Gasteiger partial charge in [-0.25, -0.2) is 9.97 Å². The molecule has 0 spiro atoms. The lowest BCUT2D eigenvalue weighted by atomic mass is 10.2. The summed E-state index contributed by atoms with van der Waals surface area (Å²) >= 11 is 0. The minimum absolute atomic E-state index is 0.405. The Kier molecular flexibility index (Phi) is 3.81. The lowest BCUT2D eigenvalue weighted by Gasteiger charge is -2.12. The van der Waals surface area contributed by atoms with E-state index in [1.54, 1.807) is 36.1 Å². The van der Waals surface area contributed by atoms with Crippen LogP contribution >= 0.6 is 0 Å². The standard InChI is InChI=1S/C17H11N7/c1-3-13-9-20-16(5-15(13)23-11(2)6-18)24-17-14(10-22-24)4-12(7-19)8-21-17/h1,4-5,8-11H,2H3,(H,20,23). The molecular formula is C17H11N7. The Morgan fingerprint density at radius 1 is 1.21 bits per heavy atom. The summed E-state index contributed by atoms with van der Waals surface area (Å²) in [5.41, 5.74) is 2.21. The summed E-state index contributed by atoms with van der Waals surface area (Å²) in [6, 6.07) is 7.16. The van der Waals surface area contributed by atoms with Crippen molar-refractivity contribution in [3.63, 3.8) is 0 Å². The molecule has 0 saturated heterocycles. The van der Waals surface area contributed by atoms with E-state index in [-0.39, 0.29) is 0 Å². The predicted octanol–water partition coefficient (Wildman–Crippen LogP) is 1.99. The number of hydrogen-bond donors (Lipinski definition) is 1. The molecule has 3 rings (SSSR count). The van der Waals surface area contributed by atoms with E-state index in [1.807, 2.05) is 6.07 Å². The van der Waals surface area contributed by atoms with Gasteiger partial charge in [-0.05, 0) is 13.0 Å². The fourth-order valence-electron chi connectivity index (χ4n) is 2.21. The Morgan fingerprint density at radius 2 is 2.04 bits per heavy atom. The van der Waals surface area contributed by atoms with Crippen LogP contribution in [0, 0.1) is 35.0 Å². The highest BCUT2D eigenvalue weighted by atomic mass is 15.3. The Morgan fingerprint density at radius 3 is 2.75 bits per heavy atom. The zero-order chi connectivity index (χ0) is 17.1. The van der Waals surface area contributed by atoms with Crippen LogP contribution in [0.3, 0.4) is 0 Å². The maximum atomic E-state index is 8.97. The highest BCUT2D eigenvalue weighted by molar-refractivity contribution is 5.77. The molecule has 0 aliphatic carbocycles. The second-order valence-corrected chi connectivity index (χ2v) is 5.03. The molecule has 24 heavy (non-hydrogen) atoms. The summed E-state index contributed by atoms with van der Waals surface area (Å²) < 4.78 is 1.55. The molecule has 0 fully saturated rings. The average molecular weight is 313 g/mol. The number of hydrogen-bond acceptors (Lipinski definition) is 6. The van der Waals surface area contributed by atoms with E-state index in [9.17, 15) is 0 Å². The molecule has 1 N–H and O–H groups in total. The van der Waals surface area contributed by atoms with E-state index in [0.29, 0.717) is 28.3 Å². The van der Waals surface area contributed by atoms with Crippen molar-refractivity contribution < 1.29 is 0 Å². The summed E-state index contributed by atoms with van der Waals surface area (Å²) in [5, 5.41) is 25.9. The molecular weight excluding hydrogens is 302 g/mol. The fourth-order valence-corrected chi connectivity index (χ4v) is 2.21. The smallest absolute Gasteiger partial charge is 0.164 e. The molecule has 3 aromatic rings. The molecule has 0 amide bonds.